The number of ether oxygens (including phenoxy) is 6. The fourth-order valence-electron chi connectivity index (χ4n) is 11.7. The second-order valence-corrected chi connectivity index (χ2v) is 19.0. The Balaban J connectivity index is 1.05. The van der Waals surface area contributed by atoms with E-state index in [9.17, 15) is 24.6 Å². The molecule has 2 N–H and O–H groups in total. The Morgan fingerprint density at radius 3 is 2.06 bits per heavy atom. The molecule has 2 saturated carbocycles. The number of unbranched alkanes of at least 4 members (excludes halogenated alkanes) is 12. The molecule has 3 heterocycles. The molecule has 2 aromatic rings. The summed E-state index contributed by atoms with van der Waals surface area (Å²) in [7, 11) is 0. The lowest BCUT2D eigenvalue weighted by Crippen LogP contribution is -2.76. The zero-order valence-electron chi connectivity index (χ0n) is 37.4. The largest absolute Gasteiger partial charge is 0.462 e. The molecule has 0 unspecified atom stereocenters. The van der Waals surface area contributed by atoms with Crippen molar-refractivity contribution in [3.8, 4) is 0 Å². The minimum absolute atomic E-state index is 0.193. The molecule has 0 aromatic heterocycles. The highest BCUT2D eigenvalue weighted by Gasteiger charge is 2.91. The summed E-state index contributed by atoms with van der Waals surface area (Å²) < 4.78 is 40.3. The molecule has 8 rings (SSSR count). The van der Waals surface area contributed by atoms with Gasteiger partial charge in [0.15, 0.2) is 22.6 Å². The molecule has 3 aliphatic heterocycles. The molecule has 0 radical (unpaired) electrons. The lowest BCUT2D eigenvalue weighted by Gasteiger charge is -2.61. The van der Waals surface area contributed by atoms with Crippen LogP contribution in [-0.2, 0) is 48.8 Å². The number of aliphatic hydroxyl groups is 2. The Morgan fingerprint density at radius 2 is 1.44 bits per heavy atom. The summed E-state index contributed by atoms with van der Waals surface area (Å²) in [5.74, 6) is -6.56. The topological polar surface area (TPSA) is 150 Å². The number of esters is 2. The minimum atomic E-state index is -2.48. The Hall–Kier alpha value is -3.97. The van der Waals surface area contributed by atoms with E-state index >= 15 is 0 Å². The average Bonchev–Trinajstić information content (AvgIpc) is 3.89. The number of epoxide rings is 1. The van der Waals surface area contributed by atoms with Crippen LogP contribution in [0.1, 0.15) is 129 Å². The first-order valence-electron chi connectivity index (χ1n) is 23.5. The van der Waals surface area contributed by atoms with Gasteiger partial charge < -0.3 is 38.6 Å². The van der Waals surface area contributed by atoms with Crippen LogP contribution in [0, 0.1) is 17.8 Å². The molecule has 3 bridgehead atoms. The second kappa shape index (κ2) is 18.1. The van der Waals surface area contributed by atoms with Crippen molar-refractivity contribution in [3.63, 3.8) is 0 Å². The highest BCUT2D eigenvalue weighted by atomic mass is 16.9. The predicted molar refractivity (Wildman–Crippen MR) is 236 cm³/mol. The van der Waals surface area contributed by atoms with E-state index in [4.69, 9.17) is 28.4 Å². The monoisotopic (exact) mass is 866 g/mol. The van der Waals surface area contributed by atoms with E-state index in [1.54, 1.807) is 38.1 Å². The van der Waals surface area contributed by atoms with E-state index in [1.807, 2.05) is 55.5 Å². The van der Waals surface area contributed by atoms with Gasteiger partial charge in [-0.05, 0) is 43.1 Å². The first-order valence-corrected chi connectivity index (χ1v) is 23.5. The number of Topliss-reactive ketones (excluding diaryl/α,β-unsaturated/α-hetero) is 1. The third-order valence-electron chi connectivity index (χ3n) is 15.0. The number of hydrogen-bond donors (Lipinski definition) is 2. The first-order chi connectivity index (χ1) is 30.3. The summed E-state index contributed by atoms with van der Waals surface area (Å²) in [6, 6.07) is 18.4. The third-order valence-corrected chi connectivity index (χ3v) is 15.0. The maximum atomic E-state index is 14.4. The van der Waals surface area contributed by atoms with Gasteiger partial charge in [0.25, 0.3) is 0 Å². The molecule has 0 amide bonds. The van der Waals surface area contributed by atoms with Gasteiger partial charge in [0.05, 0.1) is 5.60 Å². The number of benzene rings is 2. The van der Waals surface area contributed by atoms with Gasteiger partial charge in [0, 0.05) is 35.8 Å². The van der Waals surface area contributed by atoms with Gasteiger partial charge in [-0.1, -0.05) is 164 Å². The highest BCUT2D eigenvalue weighted by Crippen LogP contribution is 2.74. The zero-order chi connectivity index (χ0) is 44.6. The molecule has 12 atom stereocenters. The van der Waals surface area contributed by atoms with Crippen molar-refractivity contribution in [1.82, 2.24) is 0 Å². The van der Waals surface area contributed by atoms with Crippen molar-refractivity contribution >= 4 is 23.8 Å². The molecule has 6 aliphatic rings. The van der Waals surface area contributed by atoms with Gasteiger partial charge >= 0.3 is 17.9 Å². The summed E-state index contributed by atoms with van der Waals surface area (Å²) in [5, 5.41) is 25.5. The minimum Gasteiger partial charge on any atom is -0.462 e. The molecule has 0 spiro atoms. The number of fused-ring (bicyclic) bond motifs is 3. The van der Waals surface area contributed by atoms with E-state index in [0.29, 0.717) is 17.6 Å². The number of rotatable bonds is 21. The molecule has 2 aromatic carbocycles. The molecule has 3 aliphatic carbocycles. The van der Waals surface area contributed by atoms with Crippen molar-refractivity contribution < 1.29 is 53.0 Å². The summed E-state index contributed by atoms with van der Waals surface area (Å²) >= 11 is 0. The smallest absolute Gasteiger partial charge is 0.331 e. The van der Waals surface area contributed by atoms with Crippen LogP contribution in [0.3, 0.4) is 0 Å². The van der Waals surface area contributed by atoms with Crippen LogP contribution in [0.4, 0.5) is 0 Å². The van der Waals surface area contributed by atoms with E-state index < -0.39 is 94.9 Å². The van der Waals surface area contributed by atoms with Crippen molar-refractivity contribution in [3.05, 3.63) is 102 Å². The summed E-state index contributed by atoms with van der Waals surface area (Å²) in [4.78, 5) is 41.6. The normalized spacial score (nSPS) is 36.9. The van der Waals surface area contributed by atoms with Crippen LogP contribution in [0.5, 0.6) is 0 Å². The fourth-order valence-corrected chi connectivity index (χ4v) is 11.7. The van der Waals surface area contributed by atoms with Crippen LogP contribution in [0.2, 0.25) is 0 Å². The first kappa shape index (κ1) is 45.6. The number of carbonyl (C=O) groups excluding carboxylic acids is 3. The Morgan fingerprint density at radius 1 is 0.841 bits per heavy atom. The highest BCUT2D eigenvalue weighted by molar-refractivity contribution is 6.05. The van der Waals surface area contributed by atoms with Crippen molar-refractivity contribution in [1.29, 1.82) is 0 Å². The predicted octanol–water partition coefficient (Wildman–Crippen LogP) is 8.60. The summed E-state index contributed by atoms with van der Waals surface area (Å²) in [6.45, 7) is 11.5. The van der Waals surface area contributed by atoms with Gasteiger partial charge in [-0.2, -0.15) is 0 Å². The molecular weight excluding hydrogens is 801 g/mol. The van der Waals surface area contributed by atoms with Crippen LogP contribution >= 0.6 is 0 Å². The molecule has 11 nitrogen and oxygen atoms in total. The molecule has 5 fully saturated rings. The van der Waals surface area contributed by atoms with E-state index in [-0.39, 0.29) is 12.0 Å². The average molecular weight is 867 g/mol. The van der Waals surface area contributed by atoms with E-state index in [1.165, 1.54) is 63.9 Å². The SMILES string of the molecule is C=C(C)[C@@]12O[C@]3(c4ccccc4)O[C@@H]1[C@H]1[C@H]4O[C@@]4(COC(=O)CCCCCCCCCCCCCCC)[C@@H](O)[C@]4(O)C(=O)C(C)=C[C@@H]4[C@@]1(O3)[C@H](C)[C@@H]2OC(=O)C=Cc1ccccc1. The Bertz CT molecular complexity index is 2070. The molecule has 3 saturated heterocycles. The molecule has 340 valence electrons. The summed E-state index contributed by atoms with van der Waals surface area (Å²) in [5.41, 5.74) is -5.31. The van der Waals surface area contributed by atoms with Crippen LogP contribution in [-0.4, -0.2) is 81.4 Å². The molecule has 63 heavy (non-hydrogen) atoms. The lowest BCUT2D eigenvalue weighted by molar-refractivity contribution is -0.440. The Labute approximate surface area is 372 Å². The number of aliphatic hydroxyl groups excluding tert-OH is 1. The van der Waals surface area contributed by atoms with Crippen LogP contribution in [0.15, 0.2) is 90.5 Å². The van der Waals surface area contributed by atoms with E-state index in [2.05, 4.69) is 13.5 Å². The zero-order valence-corrected chi connectivity index (χ0v) is 37.4. The quantitative estimate of drug-likeness (QED) is 0.0408. The maximum absolute atomic E-state index is 14.4. The van der Waals surface area contributed by atoms with Gasteiger partial charge in [-0.15, -0.1) is 0 Å². The van der Waals surface area contributed by atoms with Crippen molar-refractivity contribution in [2.75, 3.05) is 6.61 Å². The number of carbonyl (C=O) groups is 3. The summed E-state index contributed by atoms with van der Waals surface area (Å²) in [6.07, 6.45) is 15.3. The van der Waals surface area contributed by atoms with Gasteiger partial charge in [-0.25, -0.2) is 4.79 Å². The van der Waals surface area contributed by atoms with Gasteiger partial charge in [0.1, 0.15) is 31.0 Å². The van der Waals surface area contributed by atoms with Crippen LogP contribution in [0.25, 0.3) is 6.08 Å². The van der Waals surface area contributed by atoms with E-state index in [0.717, 1.165) is 24.8 Å². The number of hydrogen-bond acceptors (Lipinski definition) is 11. The molecular formula is C52H66O11. The maximum Gasteiger partial charge on any atom is 0.331 e. The van der Waals surface area contributed by atoms with Crippen LogP contribution < -0.4 is 0 Å². The lowest BCUT2D eigenvalue weighted by atomic mass is 9.53. The van der Waals surface area contributed by atoms with Gasteiger partial charge in [0.2, 0.25) is 0 Å². The third kappa shape index (κ3) is 7.68. The number of ketones is 1. The Kier molecular flexibility index (Phi) is 13.1. The van der Waals surface area contributed by atoms with Crippen molar-refractivity contribution in [2.45, 2.75) is 170 Å². The van der Waals surface area contributed by atoms with Gasteiger partial charge in [-0.3, -0.25) is 9.59 Å². The standard InChI is InChI=1S/C52H66O11/c1-6-7-8-9-10-11-12-13-14-15-16-17-24-29-40(53)58-33-48-45(60-48)42-46-50(34(2)3)44(59-41(54)31-30-37-25-20-18-21-26-37)36(5)51(42,39-32-35(4)43(55)49(39,57)47(48)56)63-52(61-46,62-50)38-27-22-19-23-28-38/h18-23,25-28,30-32,36,39,42,44-47,56-57H,2,6-17,24,29,33H2,1,3-5H3/t36-,39+,42-,44+,45-,46-,47-,48-,49-,50+,51+,52+/m1/s1. The second-order valence-electron chi connectivity index (χ2n) is 19.0. The molecule has 11 heteroatoms. The fraction of sp³-hybridized carbons (Fsp3) is 0.596. The van der Waals surface area contributed by atoms with Crippen molar-refractivity contribution in [2.24, 2.45) is 17.8 Å².